The molecule has 2 aromatic rings. The molecule has 6 nitrogen and oxygen atoms in total. The zero-order chi connectivity index (χ0) is 21.2. The molecule has 29 heavy (non-hydrogen) atoms. The number of nitriles is 1. The first-order valence-electron chi connectivity index (χ1n) is 8.38. The molecule has 0 aromatic heterocycles. The number of halogens is 4. The number of nitrogens with zero attached hydrogens (tertiary/aromatic N) is 2. The van der Waals surface area contributed by atoms with Gasteiger partial charge in [0.05, 0.1) is 45.6 Å². The summed E-state index contributed by atoms with van der Waals surface area (Å²) in [6, 6.07) is 8.17. The quantitative estimate of drug-likeness (QED) is 0.772. The molecule has 1 fully saturated rings. The van der Waals surface area contributed by atoms with Crippen molar-refractivity contribution in [3.05, 3.63) is 52.5 Å². The van der Waals surface area contributed by atoms with Crippen molar-refractivity contribution in [2.45, 2.75) is 11.1 Å². The van der Waals surface area contributed by atoms with Gasteiger partial charge in [-0.3, -0.25) is 4.72 Å². The third-order valence-corrected chi connectivity index (χ3v) is 5.97. The van der Waals surface area contributed by atoms with Gasteiger partial charge in [0.15, 0.2) is 0 Å². The van der Waals surface area contributed by atoms with Crippen LogP contribution in [0.15, 0.2) is 41.3 Å². The third-order valence-electron chi connectivity index (χ3n) is 4.29. The van der Waals surface area contributed by atoms with Crippen LogP contribution in [-0.4, -0.2) is 34.7 Å². The number of rotatable bonds is 4. The van der Waals surface area contributed by atoms with Gasteiger partial charge in [0, 0.05) is 13.1 Å². The standard InChI is InChI=1S/C18H15ClF3N3O3S/c19-15-10-14(3-1-12(15)11-23)29(26,27)24-16-9-13(18(20,21)22)2-4-17(16)25-5-7-28-8-6-25/h1-4,9-10,24H,5-8H2. The second kappa shape index (κ2) is 8.10. The molecule has 0 radical (unpaired) electrons. The highest BCUT2D eigenvalue weighted by atomic mass is 35.5. The Balaban J connectivity index is 2.03. The van der Waals surface area contributed by atoms with Gasteiger partial charge in [-0.1, -0.05) is 11.6 Å². The molecule has 1 N–H and O–H groups in total. The number of ether oxygens (including phenoxy) is 1. The van der Waals surface area contributed by atoms with Crippen molar-refractivity contribution in [3.63, 3.8) is 0 Å². The Kier molecular flexibility index (Phi) is 5.93. The Bertz CT molecular complexity index is 1060. The molecule has 1 saturated heterocycles. The first kappa shape index (κ1) is 21.2. The summed E-state index contributed by atoms with van der Waals surface area (Å²) in [5.41, 5.74) is -0.796. The van der Waals surface area contributed by atoms with Gasteiger partial charge in [-0.15, -0.1) is 0 Å². The van der Waals surface area contributed by atoms with Gasteiger partial charge in [-0.25, -0.2) is 8.42 Å². The monoisotopic (exact) mass is 445 g/mol. The van der Waals surface area contributed by atoms with Crippen LogP contribution in [0.2, 0.25) is 5.02 Å². The Labute approximate surface area is 170 Å². The Hall–Kier alpha value is -2.48. The van der Waals surface area contributed by atoms with Crippen molar-refractivity contribution in [1.82, 2.24) is 0 Å². The van der Waals surface area contributed by atoms with E-state index >= 15 is 0 Å². The van der Waals surface area contributed by atoms with E-state index in [1.54, 1.807) is 4.90 Å². The van der Waals surface area contributed by atoms with E-state index in [1.807, 2.05) is 6.07 Å². The highest BCUT2D eigenvalue weighted by Crippen LogP contribution is 2.37. The van der Waals surface area contributed by atoms with Crippen LogP contribution in [0.1, 0.15) is 11.1 Å². The molecule has 1 aliphatic heterocycles. The van der Waals surface area contributed by atoms with Crippen LogP contribution in [-0.2, 0) is 20.9 Å². The molecule has 0 aliphatic carbocycles. The number of hydrogen-bond donors (Lipinski definition) is 1. The molecule has 0 spiro atoms. The molecule has 0 unspecified atom stereocenters. The number of nitrogens with one attached hydrogen (secondary N) is 1. The van der Waals surface area contributed by atoms with Crippen LogP contribution in [0.4, 0.5) is 24.5 Å². The summed E-state index contributed by atoms with van der Waals surface area (Å²) in [6.45, 7) is 1.56. The van der Waals surface area contributed by atoms with Crippen LogP contribution in [0.5, 0.6) is 0 Å². The van der Waals surface area contributed by atoms with Crippen molar-refractivity contribution in [1.29, 1.82) is 5.26 Å². The molecule has 0 amide bonds. The predicted octanol–water partition coefficient (Wildman–Crippen LogP) is 3.87. The normalized spacial score (nSPS) is 15.1. The fourth-order valence-corrected chi connectivity index (χ4v) is 4.21. The maximum absolute atomic E-state index is 13.2. The van der Waals surface area contributed by atoms with E-state index in [2.05, 4.69) is 4.72 Å². The second-order valence-corrected chi connectivity index (χ2v) is 8.28. The molecular weight excluding hydrogens is 431 g/mol. The lowest BCUT2D eigenvalue weighted by Gasteiger charge is -2.31. The van der Waals surface area contributed by atoms with Gasteiger partial charge >= 0.3 is 6.18 Å². The number of anilines is 2. The SMILES string of the molecule is N#Cc1ccc(S(=O)(=O)Nc2cc(C(F)(F)F)ccc2N2CCOCC2)cc1Cl. The van der Waals surface area contributed by atoms with Crippen molar-refractivity contribution >= 4 is 33.0 Å². The summed E-state index contributed by atoms with van der Waals surface area (Å²) in [5.74, 6) is 0. The van der Waals surface area contributed by atoms with Crippen LogP contribution < -0.4 is 9.62 Å². The summed E-state index contributed by atoms with van der Waals surface area (Å²) >= 11 is 5.89. The van der Waals surface area contributed by atoms with Crippen LogP contribution >= 0.6 is 11.6 Å². The fraction of sp³-hybridized carbons (Fsp3) is 0.278. The van der Waals surface area contributed by atoms with Gasteiger partial charge in [0.25, 0.3) is 10.0 Å². The number of alkyl halides is 3. The van der Waals surface area contributed by atoms with E-state index in [4.69, 9.17) is 21.6 Å². The summed E-state index contributed by atoms with van der Waals surface area (Å²) in [4.78, 5) is 1.47. The molecule has 154 valence electrons. The van der Waals surface area contributed by atoms with Gasteiger partial charge in [-0.05, 0) is 36.4 Å². The molecule has 1 heterocycles. The molecular formula is C18H15ClF3N3O3S. The first-order chi connectivity index (χ1) is 13.6. The maximum atomic E-state index is 13.2. The molecule has 3 rings (SSSR count). The maximum Gasteiger partial charge on any atom is 0.416 e. The molecule has 1 aliphatic rings. The van der Waals surface area contributed by atoms with E-state index in [-0.39, 0.29) is 21.2 Å². The van der Waals surface area contributed by atoms with Crippen molar-refractivity contribution < 1.29 is 26.3 Å². The molecule has 0 bridgehead atoms. The van der Waals surface area contributed by atoms with Crippen molar-refractivity contribution in [3.8, 4) is 6.07 Å². The number of benzene rings is 2. The Morgan fingerprint density at radius 1 is 1.14 bits per heavy atom. The van der Waals surface area contributed by atoms with Crippen LogP contribution in [0.25, 0.3) is 0 Å². The predicted molar refractivity (Wildman–Crippen MR) is 101 cm³/mol. The lowest BCUT2D eigenvalue weighted by Crippen LogP contribution is -2.36. The molecule has 0 saturated carbocycles. The van der Waals surface area contributed by atoms with Crippen LogP contribution in [0.3, 0.4) is 0 Å². The lowest BCUT2D eigenvalue weighted by molar-refractivity contribution is -0.137. The molecule has 2 aromatic carbocycles. The van der Waals surface area contributed by atoms with E-state index in [9.17, 15) is 21.6 Å². The number of morpholine rings is 1. The van der Waals surface area contributed by atoms with Gasteiger partial charge < -0.3 is 9.64 Å². The molecule has 11 heteroatoms. The second-order valence-electron chi connectivity index (χ2n) is 6.19. The zero-order valence-electron chi connectivity index (χ0n) is 14.8. The van der Waals surface area contributed by atoms with E-state index in [0.717, 1.165) is 24.3 Å². The van der Waals surface area contributed by atoms with Crippen molar-refractivity contribution in [2.24, 2.45) is 0 Å². The smallest absolute Gasteiger partial charge is 0.378 e. The highest BCUT2D eigenvalue weighted by Gasteiger charge is 2.32. The van der Waals surface area contributed by atoms with Gasteiger partial charge in [0.2, 0.25) is 0 Å². The summed E-state index contributed by atoms with van der Waals surface area (Å²) in [5, 5.41) is 8.84. The average Bonchev–Trinajstić information content (AvgIpc) is 2.67. The number of sulfonamides is 1. The zero-order valence-corrected chi connectivity index (χ0v) is 16.4. The Morgan fingerprint density at radius 2 is 1.83 bits per heavy atom. The Morgan fingerprint density at radius 3 is 2.41 bits per heavy atom. The van der Waals surface area contributed by atoms with E-state index in [1.165, 1.54) is 12.1 Å². The minimum Gasteiger partial charge on any atom is -0.378 e. The number of hydrogen-bond acceptors (Lipinski definition) is 5. The fourth-order valence-electron chi connectivity index (χ4n) is 2.83. The van der Waals surface area contributed by atoms with Gasteiger partial charge in [0.1, 0.15) is 6.07 Å². The topological polar surface area (TPSA) is 82.4 Å². The van der Waals surface area contributed by atoms with E-state index < -0.39 is 21.8 Å². The minimum atomic E-state index is -4.64. The summed E-state index contributed by atoms with van der Waals surface area (Å²) in [7, 11) is -4.25. The largest absolute Gasteiger partial charge is 0.416 e. The van der Waals surface area contributed by atoms with E-state index in [0.29, 0.717) is 32.0 Å². The molecule has 0 atom stereocenters. The van der Waals surface area contributed by atoms with Crippen molar-refractivity contribution in [2.75, 3.05) is 35.9 Å². The van der Waals surface area contributed by atoms with Gasteiger partial charge in [-0.2, -0.15) is 18.4 Å². The highest BCUT2D eigenvalue weighted by molar-refractivity contribution is 7.92. The van der Waals surface area contributed by atoms with Crippen LogP contribution in [0, 0.1) is 11.3 Å². The average molecular weight is 446 g/mol. The summed E-state index contributed by atoms with van der Waals surface area (Å²) < 4.78 is 72.5. The summed E-state index contributed by atoms with van der Waals surface area (Å²) in [6.07, 6.45) is -4.64. The minimum absolute atomic E-state index is 0.0761. The first-order valence-corrected chi connectivity index (χ1v) is 10.2. The lowest BCUT2D eigenvalue weighted by atomic mass is 10.1. The third kappa shape index (κ3) is 4.75.